The average Bonchev–Trinajstić information content (AvgIpc) is 2.08. The summed E-state index contributed by atoms with van der Waals surface area (Å²) in [7, 11) is 0. The number of halogens is 2. The Bertz CT molecular complexity index is 473. The van der Waals surface area contributed by atoms with Crippen LogP contribution in [0.1, 0.15) is 5.69 Å². The van der Waals surface area contributed by atoms with Gasteiger partial charge in [0, 0.05) is 11.5 Å². The predicted octanol–water partition coefficient (Wildman–Crippen LogP) is 2.97. The quantitative estimate of drug-likeness (QED) is 0.788. The Morgan fingerprint density at radius 3 is 2.71 bits per heavy atom. The third-order valence-corrected chi connectivity index (χ3v) is 1.93. The Kier molecular flexibility index (Phi) is 3.06. The second kappa shape index (κ2) is 3.92. The van der Waals surface area contributed by atoms with Crippen LogP contribution in [0.4, 0.5) is 4.39 Å². The molecule has 0 spiro atoms. The first-order valence-electron chi connectivity index (χ1n) is 3.93. The van der Waals surface area contributed by atoms with Crippen molar-refractivity contribution in [3.8, 4) is 5.75 Å². The number of pyridine rings is 1. The molecule has 0 aliphatic carbocycles. The summed E-state index contributed by atoms with van der Waals surface area (Å²) in [6, 6.07) is 6.08. The summed E-state index contributed by atoms with van der Waals surface area (Å²) in [4.78, 5) is 4.00. The number of hydrogen-bond donors (Lipinski definition) is 1. The molecule has 0 atom stereocenters. The number of hydrogen-bond acceptors (Lipinski definition) is 2. The van der Waals surface area contributed by atoms with Crippen LogP contribution in [0, 0.1) is 12.7 Å². The number of phenolic OH excluding ortho intramolecular Hbond substituents is 1. The minimum Gasteiger partial charge on any atom is -0.508 e. The first-order chi connectivity index (χ1) is 6.16. The molecule has 1 heterocycles. The maximum Gasteiger partial charge on any atom is 0.145 e. The number of nitrogens with zero attached hydrogens (tertiary/aromatic N) is 1. The van der Waals surface area contributed by atoms with Gasteiger partial charge < -0.3 is 5.11 Å². The Morgan fingerprint density at radius 1 is 1.29 bits per heavy atom. The van der Waals surface area contributed by atoms with Crippen LogP contribution < -0.4 is 0 Å². The van der Waals surface area contributed by atoms with Crippen molar-refractivity contribution in [1.82, 2.24) is 4.98 Å². The predicted molar refractivity (Wildman–Crippen MR) is 58.4 cm³/mol. The average molecular weight is 258 g/mol. The van der Waals surface area contributed by atoms with Gasteiger partial charge in [-0.15, -0.1) is 17.0 Å². The molecule has 2 nitrogen and oxygen atoms in total. The molecule has 0 amide bonds. The molecule has 1 aromatic heterocycles. The zero-order valence-electron chi connectivity index (χ0n) is 7.49. The number of aryl methyl sites for hydroxylation is 1. The smallest absolute Gasteiger partial charge is 0.145 e. The van der Waals surface area contributed by atoms with Gasteiger partial charge in [0.05, 0.1) is 11.2 Å². The van der Waals surface area contributed by atoms with Gasteiger partial charge in [-0.25, -0.2) is 9.37 Å². The summed E-state index contributed by atoms with van der Waals surface area (Å²) in [6.07, 6.45) is 0. The second-order valence-corrected chi connectivity index (χ2v) is 2.93. The highest BCUT2D eigenvalue weighted by Gasteiger charge is 2.02. The molecule has 0 saturated carbocycles. The van der Waals surface area contributed by atoms with E-state index in [1.165, 1.54) is 18.2 Å². The van der Waals surface area contributed by atoms with E-state index in [2.05, 4.69) is 4.98 Å². The largest absolute Gasteiger partial charge is 0.508 e. The standard InChI is InChI=1S/C10H8FNO.BrH/c1-6-9(11)4-7-2-3-8(13)5-10(7)12-6;/h2-5,13H,1H3;1H. The van der Waals surface area contributed by atoms with Crippen LogP contribution in [-0.4, -0.2) is 10.1 Å². The minimum absolute atomic E-state index is 0. The molecule has 1 N–H and O–H groups in total. The maximum absolute atomic E-state index is 13.0. The van der Waals surface area contributed by atoms with Crippen molar-refractivity contribution in [2.75, 3.05) is 0 Å². The molecule has 0 unspecified atom stereocenters. The molecule has 0 bridgehead atoms. The zero-order valence-corrected chi connectivity index (χ0v) is 9.20. The Morgan fingerprint density at radius 2 is 2.00 bits per heavy atom. The van der Waals surface area contributed by atoms with Gasteiger partial charge in [-0.05, 0) is 25.1 Å². The van der Waals surface area contributed by atoms with E-state index in [4.69, 9.17) is 5.11 Å². The van der Waals surface area contributed by atoms with Crippen molar-refractivity contribution in [2.24, 2.45) is 0 Å². The molecule has 14 heavy (non-hydrogen) atoms. The topological polar surface area (TPSA) is 33.1 Å². The van der Waals surface area contributed by atoms with Crippen LogP contribution in [0.3, 0.4) is 0 Å². The van der Waals surface area contributed by atoms with Gasteiger partial charge in [-0.1, -0.05) is 0 Å². The summed E-state index contributed by atoms with van der Waals surface area (Å²) in [5.41, 5.74) is 0.956. The van der Waals surface area contributed by atoms with Crippen LogP contribution >= 0.6 is 17.0 Å². The number of fused-ring (bicyclic) bond motifs is 1. The molecular weight excluding hydrogens is 249 g/mol. The Labute approximate surface area is 91.2 Å². The second-order valence-electron chi connectivity index (χ2n) is 2.93. The van der Waals surface area contributed by atoms with Gasteiger partial charge in [-0.2, -0.15) is 0 Å². The van der Waals surface area contributed by atoms with Crippen molar-refractivity contribution < 1.29 is 9.50 Å². The van der Waals surface area contributed by atoms with Crippen molar-refractivity contribution in [1.29, 1.82) is 0 Å². The van der Waals surface area contributed by atoms with E-state index in [1.54, 1.807) is 13.0 Å². The first kappa shape index (κ1) is 10.9. The van der Waals surface area contributed by atoms with Crippen molar-refractivity contribution in [2.45, 2.75) is 6.92 Å². The van der Waals surface area contributed by atoms with Crippen LogP contribution in [0.2, 0.25) is 0 Å². The van der Waals surface area contributed by atoms with E-state index in [1.807, 2.05) is 0 Å². The van der Waals surface area contributed by atoms with E-state index in [-0.39, 0.29) is 28.5 Å². The summed E-state index contributed by atoms with van der Waals surface area (Å²) in [6.45, 7) is 1.60. The van der Waals surface area contributed by atoms with E-state index in [0.717, 1.165) is 0 Å². The maximum atomic E-state index is 13.0. The summed E-state index contributed by atoms with van der Waals surface area (Å²) in [5, 5.41) is 9.85. The summed E-state index contributed by atoms with van der Waals surface area (Å²) < 4.78 is 13.0. The fourth-order valence-corrected chi connectivity index (χ4v) is 1.23. The highest BCUT2D eigenvalue weighted by molar-refractivity contribution is 8.93. The minimum atomic E-state index is -0.321. The first-order valence-corrected chi connectivity index (χ1v) is 3.93. The summed E-state index contributed by atoms with van der Waals surface area (Å²) >= 11 is 0. The van der Waals surface area contributed by atoms with Gasteiger partial charge in [-0.3, -0.25) is 0 Å². The number of aromatic nitrogens is 1. The SMILES string of the molecule is Br.Cc1nc2cc(O)ccc2cc1F. The lowest BCUT2D eigenvalue weighted by Gasteiger charge is -2.00. The molecule has 0 saturated heterocycles. The number of aromatic hydroxyl groups is 1. The molecule has 0 aliphatic rings. The van der Waals surface area contributed by atoms with E-state index >= 15 is 0 Å². The molecular formula is C10H9BrFNO. The molecule has 4 heteroatoms. The molecule has 2 aromatic rings. The lowest BCUT2D eigenvalue weighted by Crippen LogP contribution is -1.88. The molecule has 2 rings (SSSR count). The molecule has 0 fully saturated rings. The summed E-state index contributed by atoms with van der Waals surface area (Å²) in [5.74, 6) is -0.177. The van der Waals surface area contributed by atoms with Gasteiger partial charge in [0.25, 0.3) is 0 Å². The molecule has 74 valence electrons. The van der Waals surface area contributed by atoms with Crippen LogP contribution in [-0.2, 0) is 0 Å². The van der Waals surface area contributed by atoms with Gasteiger partial charge in [0.2, 0.25) is 0 Å². The number of benzene rings is 1. The normalized spacial score (nSPS) is 9.86. The van der Waals surface area contributed by atoms with Gasteiger partial charge in [0.15, 0.2) is 0 Å². The fourth-order valence-electron chi connectivity index (χ4n) is 1.23. The van der Waals surface area contributed by atoms with Crippen LogP contribution in [0.5, 0.6) is 5.75 Å². The van der Waals surface area contributed by atoms with E-state index in [9.17, 15) is 4.39 Å². The zero-order chi connectivity index (χ0) is 9.42. The third-order valence-electron chi connectivity index (χ3n) is 1.93. The molecule has 1 aromatic carbocycles. The van der Waals surface area contributed by atoms with Crippen molar-refractivity contribution in [3.63, 3.8) is 0 Å². The number of rotatable bonds is 0. The molecule has 0 radical (unpaired) electrons. The van der Waals surface area contributed by atoms with E-state index in [0.29, 0.717) is 16.6 Å². The fraction of sp³-hybridized carbons (Fsp3) is 0.100. The monoisotopic (exact) mass is 257 g/mol. The third kappa shape index (κ3) is 1.85. The highest BCUT2D eigenvalue weighted by Crippen LogP contribution is 2.19. The van der Waals surface area contributed by atoms with Crippen LogP contribution in [0.25, 0.3) is 10.9 Å². The number of phenols is 1. The van der Waals surface area contributed by atoms with E-state index < -0.39 is 0 Å². The van der Waals surface area contributed by atoms with Crippen molar-refractivity contribution in [3.05, 3.63) is 35.8 Å². The lowest BCUT2D eigenvalue weighted by atomic mass is 10.2. The Balaban J connectivity index is 0.000000980. The molecule has 0 aliphatic heterocycles. The lowest BCUT2D eigenvalue weighted by molar-refractivity contribution is 0.476. The van der Waals surface area contributed by atoms with Crippen LogP contribution in [0.15, 0.2) is 24.3 Å². The van der Waals surface area contributed by atoms with Gasteiger partial charge in [0.1, 0.15) is 11.6 Å². The highest BCUT2D eigenvalue weighted by atomic mass is 79.9. The van der Waals surface area contributed by atoms with Crippen molar-refractivity contribution >= 4 is 27.9 Å². The van der Waals surface area contributed by atoms with Gasteiger partial charge >= 0.3 is 0 Å². The Hall–Kier alpha value is -1.16.